The van der Waals surface area contributed by atoms with Gasteiger partial charge < -0.3 is 5.32 Å². The summed E-state index contributed by atoms with van der Waals surface area (Å²) in [6.45, 7) is 9.91. The highest BCUT2D eigenvalue weighted by Gasteiger charge is 2.70. The zero-order chi connectivity index (χ0) is 26.6. The van der Waals surface area contributed by atoms with Crippen molar-refractivity contribution in [1.29, 1.82) is 0 Å². The molecule has 4 fully saturated rings. The van der Waals surface area contributed by atoms with Crippen LogP contribution in [0.1, 0.15) is 123 Å². The molecule has 1 aliphatic heterocycles. The Labute approximate surface area is 233 Å². The zero-order valence-corrected chi connectivity index (χ0v) is 24.7. The van der Waals surface area contributed by atoms with E-state index in [1.165, 1.54) is 89.9 Å². The lowest BCUT2D eigenvalue weighted by atomic mass is 9.61. The van der Waals surface area contributed by atoms with Crippen molar-refractivity contribution in [2.24, 2.45) is 29.6 Å². The SMILES string of the molecule is CCCCCC1CN(C(F)c2ccccc2)C(NCC(C)C)(C2CCCC2)C1(NCC1CC1)C1CCCC1. The Morgan fingerprint density at radius 2 is 1.55 bits per heavy atom. The lowest BCUT2D eigenvalue weighted by Crippen LogP contribution is -2.78. The Bertz CT molecular complexity index is 845. The van der Waals surface area contributed by atoms with Gasteiger partial charge >= 0.3 is 0 Å². The second-order valence-electron chi connectivity index (χ2n) is 13.8. The fraction of sp³-hybridized carbons (Fsp3) is 0.824. The van der Waals surface area contributed by atoms with Gasteiger partial charge in [0.1, 0.15) is 0 Å². The van der Waals surface area contributed by atoms with Gasteiger partial charge in [-0.3, -0.25) is 5.32 Å². The van der Waals surface area contributed by atoms with Crippen LogP contribution < -0.4 is 10.6 Å². The molecule has 0 spiro atoms. The molecule has 4 atom stereocenters. The molecule has 0 bridgehead atoms. The minimum absolute atomic E-state index is 0.0666. The highest BCUT2D eigenvalue weighted by Crippen LogP contribution is 2.59. The molecule has 0 radical (unpaired) electrons. The summed E-state index contributed by atoms with van der Waals surface area (Å²) in [5.74, 6) is 2.96. The van der Waals surface area contributed by atoms with E-state index in [1.54, 1.807) is 0 Å². The van der Waals surface area contributed by atoms with Gasteiger partial charge in [0.15, 0.2) is 6.30 Å². The van der Waals surface area contributed by atoms with E-state index in [0.717, 1.165) is 31.1 Å². The summed E-state index contributed by atoms with van der Waals surface area (Å²) in [5.41, 5.74) is 0.421. The minimum atomic E-state index is -1.07. The molecule has 1 saturated heterocycles. The van der Waals surface area contributed by atoms with Gasteiger partial charge in [-0.15, -0.1) is 0 Å². The first kappa shape index (κ1) is 28.6. The first-order valence-electron chi connectivity index (χ1n) is 16.5. The molecule has 4 aliphatic rings. The van der Waals surface area contributed by atoms with Crippen molar-refractivity contribution >= 4 is 0 Å². The molecular formula is C34H56FN3. The third kappa shape index (κ3) is 5.48. The van der Waals surface area contributed by atoms with Crippen LogP contribution in [0.5, 0.6) is 0 Å². The normalized spacial score (nSPS) is 32.1. The molecule has 0 aromatic heterocycles. The smallest absolute Gasteiger partial charge is 0.180 e. The number of hydrogen-bond acceptors (Lipinski definition) is 3. The summed E-state index contributed by atoms with van der Waals surface area (Å²) in [4.78, 5) is 2.40. The molecular weight excluding hydrogens is 469 g/mol. The van der Waals surface area contributed by atoms with E-state index < -0.39 is 6.30 Å². The predicted octanol–water partition coefficient (Wildman–Crippen LogP) is 8.23. The summed E-state index contributed by atoms with van der Waals surface area (Å²) < 4.78 is 17.2. The lowest BCUT2D eigenvalue weighted by molar-refractivity contribution is -0.102. The molecule has 3 nitrogen and oxygen atoms in total. The Hall–Kier alpha value is -0.970. The summed E-state index contributed by atoms with van der Waals surface area (Å²) in [6, 6.07) is 10.1. The van der Waals surface area contributed by atoms with E-state index in [2.05, 4.69) is 36.3 Å². The number of halogens is 1. The number of likely N-dealkylation sites (tertiary alicyclic amines) is 1. The van der Waals surface area contributed by atoms with Crippen molar-refractivity contribution < 1.29 is 4.39 Å². The molecule has 214 valence electrons. The van der Waals surface area contributed by atoms with Gasteiger partial charge in [0.25, 0.3) is 0 Å². The van der Waals surface area contributed by atoms with Gasteiger partial charge in [0.05, 0.1) is 11.2 Å². The van der Waals surface area contributed by atoms with Crippen molar-refractivity contribution in [1.82, 2.24) is 15.5 Å². The topological polar surface area (TPSA) is 27.3 Å². The van der Waals surface area contributed by atoms with E-state index in [1.807, 2.05) is 30.3 Å². The predicted molar refractivity (Wildman–Crippen MR) is 158 cm³/mol. The van der Waals surface area contributed by atoms with E-state index in [-0.39, 0.29) is 11.2 Å². The molecule has 2 N–H and O–H groups in total. The van der Waals surface area contributed by atoms with E-state index >= 15 is 4.39 Å². The number of nitrogens with zero attached hydrogens (tertiary/aromatic N) is 1. The van der Waals surface area contributed by atoms with Crippen LogP contribution in [0.2, 0.25) is 0 Å². The maximum atomic E-state index is 17.2. The molecule has 3 saturated carbocycles. The molecule has 0 amide bonds. The van der Waals surface area contributed by atoms with Crippen molar-refractivity contribution in [3.05, 3.63) is 35.9 Å². The van der Waals surface area contributed by atoms with Crippen molar-refractivity contribution in [3.63, 3.8) is 0 Å². The Balaban J connectivity index is 1.66. The lowest BCUT2D eigenvalue weighted by Gasteiger charge is -2.59. The number of unbranched alkanes of at least 4 members (excludes halogenated alkanes) is 2. The highest BCUT2D eigenvalue weighted by molar-refractivity contribution is 5.27. The van der Waals surface area contributed by atoms with Crippen LogP contribution in [0.15, 0.2) is 30.3 Å². The largest absolute Gasteiger partial charge is 0.308 e. The second kappa shape index (κ2) is 12.7. The first-order chi connectivity index (χ1) is 18.5. The first-order valence-corrected chi connectivity index (χ1v) is 16.5. The fourth-order valence-electron chi connectivity index (χ4n) is 8.85. The summed E-state index contributed by atoms with van der Waals surface area (Å²) in [7, 11) is 0. The van der Waals surface area contributed by atoms with E-state index in [9.17, 15) is 0 Å². The van der Waals surface area contributed by atoms with Gasteiger partial charge in [0.2, 0.25) is 0 Å². The van der Waals surface area contributed by atoms with Crippen molar-refractivity contribution in [3.8, 4) is 0 Å². The Morgan fingerprint density at radius 3 is 2.16 bits per heavy atom. The summed E-state index contributed by atoms with van der Waals surface area (Å²) >= 11 is 0. The molecule has 1 aromatic rings. The number of alkyl halides is 1. The number of rotatable bonds is 14. The average molecular weight is 526 g/mol. The third-order valence-electron chi connectivity index (χ3n) is 10.8. The second-order valence-corrected chi connectivity index (χ2v) is 13.8. The van der Waals surface area contributed by atoms with Gasteiger partial charge in [-0.05, 0) is 87.6 Å². The maximum absolute atomic E-state index is 17.2. The summed E-state index contributed by atoms with van der Waals surface area (Å²) in [6.07, 6.45) is 17.0. The van der Waals surface area contributed by atoms with Crippen LogP contribution in [0.3, 0.4) is 0 Å². The Kier molecular flexibility index (Phi) is 9.53. The minimum Gasteiger partial charge on any atom is -0.308 e. The van der Waals surface area contributed by atoms with E-state index in [0.29, 0.717) is 23.7 Å². The van der Waals surface area contributed by atoms with Crippen LogP contribution >= 0.6 is 0 Å². The van der Waals surface area contributed by atoms with Crippen LogP contribution in [0, 0.1) is 29.6 Å². The highest BCUT2D eigenvalue weighted by atomic mass is 19.1. The van der Waals surface area contributed by atoms with Gasteiger partial charge in [-0.25, -0.2) is 9.29 Å². The number of benzene rings is 1. The van der Waals surface area contributed by atoms with Crippen LogP contribution in [-0.4, -0.2) is 35.7 Å². The Morgan fingerprint density at radius 1 is 0.895 bits per heavy atom. The van der Waals surface area contributed by atoms with Crippen molar-refractivity contribution in [2.45, 2.75) is 128 Å². The standard InChI is InChI=1S/C34H56FN3/c1-4-5-7-20-31-25-38(32(35)28-14-8-6-9-15-28)34(37-23-26(2)3,30-18-12-13-19-30)33(31,29-16-10-11-17-29)36-24-27-21-22-27/h6,8-9,14-15,26-27,29-32,36-37H,4-5,7,10-13,16-25H2,1-3H3. The van der Waals surface area contributed by atoms with Crippen LogP contribution in [0.4, 0.5) is 4.39 Å². The van der Waals surface area contributed by atoms with Crippen molar-refractivity contribution in [2.75, 3.05) is 19.6 Å². The van der Waals surface area contributed by atoms with E-state index in [4.69, 9.17) is 0 Å². The molecule has 38 heavy (non-hydrogen) atoms. The zero-order valence-electron chi connectivity index (χ0n) is 24.7. The monoisotopic (exact) mass is 525 g/mol. The summed E-state index contributed by atoms with van der Waals surface area (Å²) in [5, 5.41) is 8.73. The molecule has 4 unspecified atom stereocenters. The molecule has 1 heterocycles. The number of hydrogen-bond donors (Lipinski definition) is 2. The quantitative estimate of drug-likeness (QED) is 0.189. The molecule has 4 heteroatoms. The van der Waals surface area contributed by atoms with Gasteiger partial charge in [-0.2, -0.15) is 0 Å². The average Bonchev–Trinajstić information content (AvgIpc) is 3.29. The maximum Gasteiger partial charge on any atom is 0.180 e. The third-order valence-corrected chi connectivity index (χ3v) is 10.8. The fourth-order valence-corrected chi connectivity index (χ4v) is 8.85. The van der Waals surface area contributed by atoms with Crippen LogP contribution in [0.25, 0.3) is 0 Å². The van der Waals surface area contributed by atoms with Gasteiger partial charge in [-0.1, -0.05) is 96.0 Å². The number of nitrogens with one attached hydrogen (secondary N) is 2. The van der Waals surface area contributed by atoms with Gasteiger partial charge in [0, 0.05) is 12.1 Å². The molecule has 1 aromatic carbocycles. The van der Waals surface area contributed by atoms with Crippen LogP contribution in [-0.2, 0) is 0 Å². The molecule has 3 aliphatic carbocycles. The molecule has 5 rings (SSSR count).